The Morgan fingerprint density at radius 3 is 2.56 bits per heavy atom. The van der Waals surface area contributed by atoms with Gasteiger partial charge >= 0.3 is 0 Å². The van der Waals surface area contributed by atoms with Crippen LogP contribution in [0.25, 0.3) is 0 Å². The van der Waals surface area contributed by atoms with Crippen LogP contribution < -0.4 is 16.6 Å². The summed E-state index contributed by atoms with van der Waals surface area (Å²) in [7, 11) is 0. The molecule has 3 nitrogen and oxygen atoms in total. The molecule has 0 bridgehead atoms. The zero-order chi connectivity index (χ0) is 11.5. The van der Waals surface area contributed by atoms with Crippen molar-refractivity contribution in [3.8, 4) is 0 Å². The predicted molar refractivity (Wildman–Crippen MR) is 69.8 cm³/mol. The average molecular weight is 284 g/mol. The lowest BCUT2D eigenvalue weighted by molar-refractivity contribution is 0.485. The quantitative estimate of drug-likeness (QED) is 0.796. The molecule has 0 aliphatic carbocycles. The number of nitrogens with two attached hydrogens (primary N) is 1. The Morgan fingerprint density at radius 1 is 1.25 bits per heavy atom. The number of hydrogen-bond donors (Lipinski definition) is 3. The van der Waals surface area contributed by atoms with Crippen molar-refractivity contribution >= 4 is 15.9 Å². The van der Waals surface area contributed by atoms with Crippen LogP contribution in [0, 0.1) is 0 Å². The second-order valence-electron chi connectivity index (χ2n) is 4.29. The smallest absolute Gasteiger partial charge is 0.0764 e. The fourth-order valence-electron chi connectivity index (χ4n) is 2.32. The monoisotopic (exact) mass is 283 g/mol. The molecule has 4 heteroatoms. The molecule has 1 aromatic rings. The number of halogens is 1. The molecule has 1 aliphatic heterocycles. The largest absolute Gasteiger partial charge is 0.314 e. The summed E-state index contributed by atoms with van der Waals surface area (Å²) in [5.41, 5.74) is 13.8. The van der Waals surface area contributed by atoms with Gasteiger partial charge in [-0.3, -0.25) is 5.43 Å². The van der Waals surface area contributed by atoms with Crippen molar-refractivity contribution in [3.63, 3.8) is 0 Å². The van der Waals surface area contributed by atoms with Gasteiger partial charge in [-0.2, -0.15) is 0 Å². The fraction of sp³-hybridized carbons (Fsp3) is 0.500. The zero-order valence-corrected chi connectivity index (χ0v) is 11.0. The zero-order valence-electron chi connectivity index (χ0n) is 9.41. The van der Waals surface area contributed by atoms with Crippen LogP contribution in [-0.4, -0.2) is 12.2 Å². The Morgan fingerprint density at radius 2 is 1.94 bits per heavy atom. The third-order valence-electron chi connectivity index (χ3n) is 3.11. The molecule has 3 unspecified atom stereocenters. The van der Waals surface area contributed by atoms with Crippen molar-refractivity contribution in [1.29, 1.82) is 0 Å². The van der Waals surface area contributed by atoms with E-state index >= 15 is 0 Å². The first-order chi connectivity index (χ1) is 7.72. The van der Waals surface area contributed by atoms with Crippen LogP contribution >= 0.6 is 15.9 Å². The molecule has 1 fully saturated rings. The molecule has 1 aromatic carbocycles. The molecule has 88 valence electrons. The lowest BCUT2D eigenvalue weighted by Gasteiger charge is -2.20. The van der Waals surface area contributed by atoms with Gasteiger partial charge in [-0.1, -0.05) is 41.4 Å². The lowest BCUT2D eigenvalue weighted by atomic mass is 9.88. The molecule has 0 radical (unpaired) electrons. The normalized spacial score (nSPS) is 29.6. The van der Waals surface area contributed by atoms with Gasteiger partial charge in [-0.15, -0.1) is 0 Å². The molecule has 1 heterocycles. The maximum absolute atomic E-state index is 6.08. The molecule has 16 heavy (non-hydrogen) atoms. The Balaban J connectivity index is 2.19. The van der Waals surface area contributed by atoms with Crippen molar-refractivity contribution in [2.75, 3.05) is 0 Å². The third-order valence-corrected chi connectivity index (χ3v) is 3.64. The summed E-state index contributed by atoms with van der Waals surface area (Å²) >= 11 is 3.45. The van der Waals surface area contributed by atoms with Crippen LogP contribution in [0.2, 0.25) is 0 Å². The van der Waals surface area contributed by atoms with E-state index < -0.39 is 0 Å². The van der Waals surface area contributed by atoms with Gasteiger partial charge in [-0.05, 0) is 24.1 Å². The highest BCUT2D eigenvalue weighted by atomic mass is 79.9. The summed E-state index contributed by atoms with van der Waals surface area (Å²) in [4.78, 5) is 0. The van der Waals surface area contributed by atoms with Gasteiger partial charge in [0.25, 0.3) is 0 Å². The number of benzene rings is 1. The van der Waals surface area contributed by atoms with Crippen LogP contribution in [0.4, 0.5) is 0 Å². The Kier molecular flexibility index (Phi) is 3.97. The van der Waals surface area contributed by atoms with Gasteiger partial charge in [0.15, 0.2) is 0 Å². The number of hydrazine groups is 1. The number of nitrogens with one attached hydrogen (secondary N) is 2. The van der Waals surface area contributed by atoms with Crippen molar-refractivity contribution in [2.45, 2.75) is 37.9 Å². The first kappa shape index (κ1) is 12.0. The summed E-state index contributed by atoms with van der Waals surface area (Å²) in [5, 5.41) is 0. The van der Waals surface area contributed by atoms with Gasteiger partial charge < -0.3 is 5.73 Å². The summed E-state index contributed by atoms with van der Waals surface area (Å²) in [6, 6.07) is 8.87. The van der Waals surface area contributed by atoms with Crippen LogP contribution in [0.3, 0.4) is 0 Å². The van der Waals surface area contributed by atoms with E-state index in [4.69, 9.17) is 5.73 Å². The fourth-order valence-corrected chi connectivity index (χ4v) is 2.58. The highest BCUT2D eigenvalue weighted by molar-refractivity contribution is 9.10. The number of rotatable bonds is 3. The lowest BCUT2D eigenvalue weighted by Crippen LogP contribution is -2.38. The van der Waals surface area contributed by atoms with E-state index in [0.717, 1.165) is 10.9 Å². The van der Waals surface area contributed by atoms with E-state index in [9.17, 15) is 0 Å². The van der Waals surface area contributed by atoms with Crippen molar-refractivity contribution in [2.24, 2.45) is 5.73 Å². The SMILES string of the molecule is CCCC1NNC(N)C1c1ccc(Br)cc1. The van der Waals surface area contributed by atoms with Crippen LogP contribution in [0.15, 0.2) is 28.7 Å². The summed E-state index contributed by atoms with van der Waals surface area (Å²) in [6.45, 7) is 2.20. The Labute approximate surface area is 105 Å². The molecule has 1 aliphatic rings. The van der Waals surface area contributed by atoms with E-state index in [1.807, 2.05) is 0 Å². The van der Waals surface area contributed by atoms with Crippen LogP contribution in [0.1, 0.15) is 31.2 Å². The van der Waals surface area contributed by atoms with Gasteiger partial charge in [0.05, 0.1) is 6.17 Å². The Hall–Kier alpha value is -0.420. The summed E-state index contributed by atoms with van der Waals surface area (Å²) in [6.07, 6.45) is 2.30. The van der Waals surface area contributed by atoms with Crippen molar-refractivity contribution < 1.29 is 0 Å². The van der Waals surface area contributed by atoms with E-state index in [1.54, 1.807) is 0 Å². The van der Waals surface area contributed by atoms with E-state index in [0.29, 0.717) is 12.0 Å². The summed E-state index contributed by atoms with van der Waals surface area (Å²) in [5.74, 6) is 0.355. The van der Waals surface area contributed by atoms with Crippen molar-refractivity contribution in [3.05, 3.63) is 34.3 Å². The molecule has 0 aromatic heterocycles. The van der Waals surface area contributed by atoms with Gasteiger partial charge in [0.2, 0.25) is 0 Å². The molecule has 4 N–H and O–H groups in total. The molecule has 3 atom stereocenters. The second kappa shape index (κ2) is 5.27. The first-order valence-electron chi connectivity index (χ1n) is 5.74. The van der Waals surface area contributed by atoms with Gasteiger partial charge in [0, 0.05) is 16.4 Å². The maximum atomic E-state index is 6.08. The molecule has 0 amide bonds. The van der Waals surface area contributed by atoms with Crippen LogP contribution in [-0.2, 0) is 0 Å². The minimum absolute atomic E-state index is 0.00211. The highest BCUT2D eigenvalue weighted by Gasteiger charge is 2.33. The van der Waals surface area contributed by atoms with Gasteiger partial charge in [0.1, 0.15) is 0 Å². The third kappa shape index (κ3) is 2.46. The van der Waals surface area contributed by atoms with E-state index in [1.165, 1.54) is 12.0 Å². The maximum Gasteiger partial charge on any atom is 0.0764 e. The standard InChI is InChI=1S/C12H18BrN3/c1-2-3-10-11(12(14)16-15-10)8-4-6-9(13)7-5-8/h4-7,10-12,15-16H,2-3,14H2,1H3. The molecular weight excluding hydrogens is 266 g/mol. The van der Waals surface area contributed by atoms with Crippen molar-refractivity contribution in [1.82, 2.24) is 10.9 Å². The summed E-state index contributed by atoms with van der Waals surface area (Å²) < 4.78 is 1.11. The highest BCUT2D eigenvalue weighted by Crippen LogP contribution is 2.28. The first-order valence-corrected chi connectivity index (χ1v) is 6.53. The Bertz CT molecular complexity index is 337. The average Bonchev–Trinajstić information content (AvgIpc) is 2.62. The molecule has 2 rings (SSSR count). The molecule has 0 spiro atoms. The van der Waals surface area contributed by atoms with Crippen LogP contribution in [0.5, 0.6) is 0 Å². The predicted octanol–water partition coefficient (Wildman–Crippen LogP) is 2.09. The number of hydrogen-bond acceptors (Lipinski definition) is 3. The van der Waals surface area contributed by atoms with Gasteiger partial charge in [-0.25, -0.2) is 5.43 Å². The van der Waals surface area contributed by atoms with E-state index in [-0.39, 0.29) is 6.17 Å². The molecule has 1 saturated heterocycles. The topological polar surface area (TPSA) is 50.1 Å². The minimum Gasteiger partial charge on any atom is -0.314 e. The van der Waals surface area contributed by atoms with E-state index in [2.05, 4.69) is 58.0 Å². The minimum atomic E-state index is -0.00211. The molecule has 0 saturated carbocycles. The molecular formula is C12H18BrN3. The second-order valence-corrected chi connectivity index (χ2v) is 5.20.